The molecule has 1 aliphatic heterocycles. The summed E-state index contributed by atoms with van der Waals surface area (Å²) < 4.78 is 44.0. The number of rotatable bonds is 2. The third-order valence-electron chi connectivity index (χ3n) is 5.05. The van der Waals surface area contributed by atoms with Gasteiger partial charge in [0.25, 0.3) is 5.91 Å². The van der Waals surface area contributed by atoms with E-state index in [-0.39, 0.29) is 43.2 Å². The number of carbonyl (C=O) groups is 1. The molecule has 1 saturated heterocycles. The first kappa shape index (κ1) is 18.4. The van der Waals surface area contributed by atoms with Crippen LogP contribution in [0.15, 0.2) is 47.1 Å². The smallest absolute Gasteiger partial charge is 0.385 e. The molecule has 3 heterocycles. The van der Waals surface area contributed by atoms with E-state index in [2.05, 4.69) is 10.1 Å². The van der Waals surface area contributed by atoms with Crippen LogP contribution in [0.4, 0.5) is 13.2 Å². The molecule has 1 N–H and O–H groups in total. The Morgan fingerprint density at radius 3 is 2.64 bits per heavy atom. The molecule has 0 aliphatic carbocycles. The van der Waals surface area contributed by atoms with Crippen molar-refractivity contribution in [1.82, 2.24) is 15.0 Å². The van der Waals surface area contributed by atoms with Gasteiger partial charge in [0, 0.05) is 19.3 Å². The van der Waals surface area contributed by atoms with E-state index < -0.39 is 17.3 Å². The Morgan fingerprint density at radius 2 is 1.93 bits per heavy atom. The minimum Gasteiger partial charge on any atom is -0.385 e. The van der Waals surface area contributed by atoms with E-state index in [0.29, 0.717) is 11.0 Å². The number of hydrogen-bond donors (Lipinski definition) is 1. The summed E-state index contributed by atoms with van der Waals surface area (Å²) in [4.78, 5) is 18.2. The number of piperidine rings is 1. The van der Waals surface area contributed by atoms with Gasteiger partial charge >= 0.3 is 6.18 Å². The second kappa shape index (κ2) is 6.59. The Hall–Kier alpha value is -2.94. The van der Waals surface area contributed by atoms with Crippen molar-refractivity contribution in [2.24, 2.45) is 0 Å². The van der Waals surface area contributed by atoms with Crippen LogP contribution in [0.25, 0.3) is 11.0 Å². The lowest BCUT2D eigenvalue weighted by Crippen LogP contribution is -2.45. The normalized spacial score (nSPS) is 17.1. The van der Waals surface area contributed by atoms with Gasteiger partial charge in [-0.15, -0.1) is 0 Å². The number of likely N-dealkylation sites (tertiary alicyclic amines) is 1. The average molecular weight is 391 g/mol. The van der Waals surface area contributed by atoms with Crippen LogP contribution in [0.3, 0.4) is 0 Å². The Bertz CT molecular complexity index is 1020. The lowest BCUT2D eigenvalue weighted by atomic mass is 9.83. The molecular formula is C19H16F3N3O3. The second-order valence-electron chi connectivity index (χ2n) is 6.79. The Labute approximate surface area is 157 Å². The highest BCUT2D eigenvalue weighted by atomic mass is 19.4. The Balaban J connectivity index is 1.52. The quantitative estimate of drug-likeness (QED) is 0.725. The summed E-state index contributed by atoms with van der Waals surface area (Å²) in [6.07, 6.45) is -2.71. The van der Waals surface area contributed by atoms with Gasteiger partial charge < -0.3 is 14.5 Å². The first-order valence-electron chi connectivity index (χ1n) is 8.68. The number of aliphatic hydroxyl groups is 1. The monoisotopic (exact) mass is 391 g/mol. The van der Waals surface area contributed by atoms with Gasteiger partial charge in [-0.05, 0) is 42.7 Å². The van der Waals surface area contributed by atoms with E-state index >= 15 is 0 Å². The third-order valence-corrected chi connectivity index (χ3v) is 5.05. The number of carbonyl (C=O) groups excluding carboxylic acids is 1. The Morgan fingerprint density at radius 1 is 1.18 bits per heavy atom. The zero-order valence-corrected chi connectivity index (χ0v) is 14.6. The molecule has 28 heavy (non-hydrogen) atoms. The number of amides is 1. The molecule has 0 atom stereocenters. The van der Waals surface area contributed by atoms with E-state index in [4.69, 9.17) is 4.52 Å². The molecule has 1 aromatic carbocycles. The molecule has 6 nitrogen and oxygen atoms in total. The lowest BCUT2D eigenvalue weighted by molar-refractivity contribution is -0.137. The minimum atomic E-state index is -4.48. The zero-order valence-electron chi connectivity index (χ0n) is 14.6. The number of nitrogens with zero attached hydrogens (tertiary/aromatic N) is 3. The van der Waals surface area contributed by atoms with Crippen molar-refractivity contribution in [2.45, 2.75) is 24.6 Å². The number of halogens is 3. The summed E-state index contributed by atoms with van der Waals surface area (Å²) in [6, 6.07) is 8.03. The molecule has 0 saturated carbocycles. The highest BCUT2D eigenvalue weighted by Gasteiger charge is 2.38. The van der Waals surface area contributed by atoms with Crippen LogP contribution in [0, 0.1) is 0 Å². The molecule has 0 spiro atoms. The van der Waals surface area contributed by atoms with E-state index in [1.54, 1.807) is 12.1 Å². The van der Waals surface area contributed by atoms with Crippen molar-refractivity contribution < 1.29 is 27.6 Å². The van der Waals surface area contributed by atoms with Crippen LogP contribution in [0.5, 0.6) is 0 Å². The predicted octanol–water partition coefficient (Wildman–Crippen LogP) is 3.37. The van der Waals surface area contributed by atoms with Gasteiger partial charge in [0.1, 0.15) is 0 Å². The Kier molecular flexibility index (Phi) is 4.34. The number of pyridine rings is 1. The molecule has 4 rings (SSSR count). The fraction of sp³-hybridized carbons (Fsp3) is 0.316. The lowest BCUT2D eigenvalue weighted by Gasteiger charge is -2.38. The maximum Gasteiger partial charge on any atom is 0.416 e. The number of benzene rings is 1. The molecule has 0 radical (unpaired) electrons. The highest BCUT2D eigenvalue weighted by molar-refractivity contribution is 6.02. The molecule has 1 amide bonds. The fourth-order valence-electron chi connectivity index (χ4n) is 3.44. The number of aromatic nitrogens is 2. The molecule has 0 bridgehead atoms. The summed E-state index contributed by atoms with van der Waals surface area (Å²) in [5.41, 5.74) is -1.71. The van der Waals surface area contributed by atoms with Crippen molar-refractivity contribution in [3.63, 3.8) is 0 Å². The predicted molar refractivity (Wildman–Crippen MR) is 92.3 cm³/mol. The largest absolute Gasteiger partial charge is 0.416 e. The summed E-state index contributed by atoms with van der Waals surface area (Å²) in [7, 11) is 0. The van der Waals surface area contributed by atoms with E-state index in [9.17, 15) is 23.1 Å². The van der Waals surface area contributed by atoms with E-state index in [1.165, 1.54) is 23.2 Å². The van der Waals surface area contributed by atoms with Gasteiger partial charge in [0.05, 0.1) is 16.6 Å². The van der Waals surface area contributed by atoms with Gasteiger partial charge in [0.15, 0.2) is 0 Å². The standard InChI is InChI=1S/C19H16F3N3O3/c20-19(21,22)13-4-1-3-12(11-13)18(27)6-9-25(10-7-18)17(26)15-14-5-2-8-23-16(14)24-28-15/h1-5,8,11,27H,6-7,9-10H2. The van der Waals surface area contributed by atoms with Crippen molar-refractivity contribution in [3.05, 3.63) is 59.5 Å². The van der Waals surface area contributed by atoms with Crippen molar-refractivity contribution >= 4 is 16.9 Å². The first-order chi connectivity index (χ1) is 13.3. The van der Waals surface area contributed by atoms with Crippen LogP contribution in [-0.4, -0.2) is 39.1 Å². The summed E-state index contributed by atoms with van der Waals surface area (Å²) in [5.74, 6) is -0.325. The number of fused-ring (bicyclic) bond motifs is 1. The second-order valence-corrected chi connectivity index (χ2v) is 6.79. The van der Waals surface area contributed by atoms with Gasteiger partial charge in [-0.25, -0.2) is 4.98 Å². The molecule has 0 unspecified atom stereocenters. The number of hydrogen-bond acceptors (Lipinski definition) is 5. The van der Waals surface area contributed by atoms with Gasteiger partial charge in [-0.1, -0.05) is 17.3 Å². The highest BCUT2D eigenvalue weighted by Crippen LogP contribution is 2.37. The van der Waals surface area contributed by atoms with Crippen LogP contribution < -0.4 is 0 Å². The molecule has 1 aliphatic rings. The average Bonchev–Trinajstić information content (AvgIpc) is 3.12. The molecule has 3 aromatic rings. The van der Waals surface area contributed by atoms with Crippen LogP contribution in [0.2, 0.25) is 0 Å². The SMILES string of the molecule is O=C(c1onc2ncccc12)N1CCC(O)(c2cccc(C(F)(F)F)c2)CC1. The van der Waals surface area contributed by atoms with Gasteiger partial charge in [-0.2, -0.15) is 13.2 Å². The maximum absolute atomic E-state index is 13.0. The van der Waals surface area contributed by atoms with Gasteiger partial charge in [0.2, 0.25) is 11.4 Å². The van der Waals surface area contributed by atoms with Crippen molar-refractivity contribution in [1.29, 1.82) is 0 Å². The summed E-state index contributed by atoms with van der Waals surface area (Å²) in [6.45, 7) is 0.349. The minimum absolute atomic E-state index is 0.0626. The topological polar surface area (TPSA) is 79.5 Å². The summed E-state index contributed by atoms with van der Waals surface area (Å²) in [5, 5.41) is 15.1. The molecule has 146 valence electrons. The van der Waals surface area contributed by atoms with Crippen LogP contribution in [-0.2, 0) is 11.8 Å². The van der Waals surface area contributed by atoms with Crippen LogP contribution in [0.1, 0.15) is 34.5 Å². The first-order valence-corrected chi connectivity index (χ1v) is 8.68. The molecule has 9 heteroatoms. The zero-order chi connectivity index (χ0) is 19.9. The fourth-order valence-corrected chi connectivity index (χ4v) is 3.44. The molecule has 1 fully saturated rings. The van der Waals surface area contributed by atoms with Crippen molar-refractivity contribution in [2.75, 3.05) is 13.1 Å². The maximum atomic E-state index is 13.0. The molecule has 2 aromatic heterocycles. The third kappa shape index (κ3) is 3.22. The van der Waals surface area contributed by atoms with E-state index in [1.807, 2.05) is 0 Å². The van der Waals surface area contributed by atoms with Crippen molar-refractivity contribution in [3.8, 4) is 0 Å². The van der Waals surface area contributed by atoms with E-state index in [0.717, 1.165) is 12.1 Å². The molecular weight excluding hydrogens is 375 g/mol. The number of alkyl halides is 3. The van der Waals surface area contributed by atoms with Crippen LogP contribution >= 0.6 is 0 Å². The van der Waals surface area contributed by atoms with Gasteiger partial charge in [-0.3, -0.25) is 4.79 Å². The summed E-state index contributed by atoms with van der Waals surface area (Å²) >= 11 is 0.